The Morgan fingerprint density at radius 3 is 2.52 bits per heavy atom. The molecule has 2 heterocycles. The Morgan fingerprint density at radius 1 is 1.33 bits per heavy atom. The van der Waals surface area contributed by atoms with Crippen molar-refractivity contribution in [1.29, 1.82) is 0 Å². The fourth-order valence-electron chi connectivity index (χ4n) is 2.38. The molecule has 0 saturated heterocycles. The second kappa shape index (κ2) is 5.28. The van der Waals surface area contributed by atoms with Crippen LogP contribution < -0.4 is 0 Å². The van der Waals surface area contributed by atoms with Gasteiger partial charge in [-0.25, -0.2) is 0 Å². The molecule has 1 aliphatic heterocycles. The highest BCUT2D eigenvalue weighted by atomic mass is 19.4. The van der Waals surface area contributed by atoms with Gasteiger partial charge in [0.25, 0.3) is 0 Å². The first-order valence-corrected chi connectivity index (χ1v) is 6.62. The van der Waals surface area contributed by atoms with Gasteiger partial charge in [-0.05, 0) is 13.3 Å². The molecule has 0 bridgehead atoms. The van der Waals surface area contributed by atoms with E-state index in [1.165, 1.54) is 0 Å². The molecule has 0 aliphatic carbocycles. The summed E-state index contributed by atoms with van der Waals surface area (Å²) in [6.45, 7) is 4.31. The van der Waals surface area contributed by atoms with Crippen LogP contribution in [0.15, 0.2) is 0 Å². The highest BCUT2D eigenvalue weighted by molar-refractivity contribution is 5.74. The molecule has 21 heavy (non-hydrogen) atoms. The Balaban J connectivity index is 2.14. The number of hydrogen-bond donors (Lipinski definition) is 1. The van der Waals surface area contributed by atoms with Gasteiger partial charge < -0.3 is 9.67 Å². The van der Waals surface area contributed by atoms with E-state index >= 15 is 0 Å². The van der Waals surface area contributed by atoms with E-state index in [4.69, 9.17) is 0 Å². The second-order valence-corrected chi connectivity index (χ2v) is 5.52. The van der Waals surface area contributed by atoms with Crippen LogP contribution in [-0.2, 0) is 24.1 Å². The smallest absolute Gasteiger partial charge is 0.451 e. The van der Waals surface area contributed by atoms with Crippen molar-refractivity contribution in [3.63, 3.8) is 0 Å². The number of aliphatic carboxylic acids is 1. The number of carbonyl (C=O) groups is 1. The normalized spacial score (nSPS) is 19.1. The maximum absolute atomic E-state index is 12.7. The lowest BCUT2D eigenvalue weighted by atomic mass is 9.87. The van der Waals surface area contributed by atoms with Crippen LogP contribution in [0.3, 0.4) is 0 Å². The van der Waals surface area contributed by atoms with E-state index in [9.17, 15) is 23.1 Å². The summed E-state index contributed by atoms with van der Waals surface area (Å²) in [5.74, 6) is -1.68. The first-order valence-electron chi connectivity index (χ1n) is 6.62. The Kier molecular flexibility index (Phi) is 3.96. The standard InChI is InChI=1S/C12H17F3N4O2/c1-3-11(2,10(20)21)7-18-4-5-19-8(6-18)16-17-9(19)12(13,14)15/h3-7H2,1-2H3,(H,20,21). The number of halogens is 3. The largest absolute Gasteiger partial charge is 0.481 e. The zero-order valence-corrected chi connectivity index (χ0v) is 11.8. The van der Waals surface area contributed by atoms with Crippen LogP contribution in [0.2, 0.25) is 0 Å². The molecule has 0 radical (unpaired) electrons. The number of hydrogen-bond acceptors (Lipinski definition) is 4. The fourth-order valence-corrected chi connectivity index (χ4v) is 2.38. The van der Waals surface area contributed by atoms with Crippen LogP contribution in [0.5, 0.6) is 0 Å². The van der Waals surface area contributed by atoms with Gasteiger partial charge >= 0.3 is 12.1 Å². The van der Waals surface area contributed by atoms with Crippen molar-refractivity contribution in [1.82, 2.24) is 19.7 Å². The summed E-state index contributed by atoms with van der Waals surface area (Å²) in [7, 11) is 0. The van der Waals surface area contributed by atoms with Crippen LogP contribution >= 0.6 is 0 Å². The molecule has 1 N–H and O–H groups in total. The van der Waals surface area contributed by atoms with Gasteiger partial charge in [-0.1, -0.05) is 6.92 Å². The molecule has 2 rings (SSSR count). The van der Waals surface area contributed by atoms with Gasteiger partial charge in [-0.15, -0.1) is 10.2 Å². The summed E-state index contributed by atoms with van der Waals surface area (Å²) in [4.78, 5) is 13.1. The first kappa shape index (κ1) is 15.7. The zero-order valence-electron chi connectivity index (χ0n) is 11.8. The van der Waals surface area contributed by atoms with E-state index in [1.807, 2.05) is 4.90 Å². The topological polar surface area (TPSA) is 71.2 Å². The van der Waals surface area contributed by atoms with Gasteiger partial charge in [0.05, 0.1) is 12.0 Å². The lowest BCUT2D eigenvalue weighted by Crippen LogP contribution is -2.44. The fraction of sp³-hybridized carbons (Fsp3) is 0.750. The molecule has 9 heteroatoms. The Bertz CT molecular complexity index is 543. The van der Waals surface area contributed by atoms with Crippen LogP contribution in [0.25, 0.3) is 0 Å². The van der Waals surface area contributed by atoms with E-state index in [0.29, 0.717) is 13.0 Å². The highest BCUT2D eigenvalue weighted by Crippen LogP contribution is 2.30. The second-order valence-electron chi connectivity index (χ2n) is 5.52. The summed E-state index contributed by atoms with van der Waals surface area (Å²) < 4.78 is 39.2. The molecule has 1 aliphatic rings. The summed E-state index contributed by atoms with van der Waals surface area (Å²) in [5.41, 5.74) is -0.922. The van der Waals surface area contributed by atoms with Gasteiger partial charge in [0.2, 0.25) is 5.82 Å². The molecule has 1 aromatic rings. The van der Waals surface area contributed by atoms with Crippen molar-refractivity contribution in [2.45, 2.75) is 39.5 Å². The van der Waals surface area contributed by atoms with Crippen molar-refractivity contribution >= 4 is 5.97 Å². The first-order chi connectivity index (χ1) is 9.67. The van der Waals surface area contributed by atoms with Gasteiger partial charge in [-0.2, -0.15) is 13.2 Å². The molecule has 1 aromatic heterocycles. The molecular weight excluding hydrogens is 289 g/mol. The SMILES string of the molecule is CCC(C)(CN1CCn2c(nnc2C(F)(F)F)C1)C(=O)O. The minimum atomic E-state index is -4.52. The van der Waals surface area contributed by atoms with Gasteiger partial charge in [0.1, 0.15) is 5.82 Å². The van der Waals surface area contributed by atoms with E-state index in [1.54, 1.807) is 13.8 Å². The third kappa shape index (κ3) is 3.02. The summed E-state index contributed by atoms with van der Waals surface area (Å²) in [6, 6.07) is 0. The predicted molar refractivity (Wildman–Crippen MR) is 66.3 cm³/mol. The van der Waals surface area contributed by atoms with Gasteiger partial charge in [0, 0.05) is 19.6 Å². The monoisotopic (exact) mass is 306 g/mol. The van der Waals surface area contributed by atoms with Crippen molar-refractivity contribution in [2.75, 3.05) is 13.1 Å². The number of rotatable bonds is 4. The third-order valence-corrected chi connectivity index (χ3v) is 3.96. The molecule has 118 valence electrons. The average Bonchev–Trinajstić information content (AvgIpc) is 2.81. The Labute approximate surface area is 119 Å². The lowest BCUT2D eigenvalue weighted by molar-refractivity contribution is -0.149. The van der Waals surface area contributed by atoms with E-state index in [2.05, 4.69) is 10.2 Å². The predicted octanol–water partition coefficient (Wildman–Crippen LogP) is 1.61. The summed E-state index contributed by atoms with van der Waals surface area (Å²) >= 11 is 0. The van der Waals surface area contributed by atoms with Gasteiger partial charge in [0.15, 0.2) is 0 Å². The Hall–Kier alpha value is -1.64. The van der Waals surface area contributed by atoms with Crippen molar-refractivity contribution in [3.05, 3.63) is 11.6 Å². The maximum Gasteiger partial charge on any atom is 0.451 e. The molecule has 0 aromatic carbocycles. The third-order valence-electron chi connectivity index (χ3n) is 3.96. The molecule has 6 nitrogen and oxygen atoms in total. The van der Waals surface area contributed by atoms with Crippen LogP contribution in [0.4, 0.5) is 13.2 Å². The van der Waals surface area contributed by atoms with Crippen molar-refractivity contribution in [3.8, 4) is 0 Å². The zero-order chi connectivity index (χ0) is 15.8. The van der Waals surface area contributed by atoms with Crippen LogP contribution in [-0.4, -0.2) is 43.8 Å². The highest BCUT2D eigenvalue weighted by Gasteiger charge is 2.40. The van der Waals surface area contributed by atoms with Crippen LogP contribution in [0, 0.1) is 5.41 Å². The molecule has 0 amide bonds. The number of carboxylic acids is 1. The summed E-state index contributed by atoms with van der Waals surface area (Å²) in [6.07, 6.45) is -4.08. The molecule has 1 atom stereocenters. The number of fused-ring (bicyclic) bond motifs is 1. The minimum Gasteiger partial charge on any atom is -0.481 e. The minimum absolute atomic E-state index is 0.108. The van der Waals surface area contributed by atoms with Crippen molar-refractivity contribution < 1.29 is 23.1 Å². The molecular formula is C12H17F3N4O2. The van der Waals surface area contributed by atoms with Crippen molar-refractivity contribution in [2.24, 2.45) is 5.41 Å². The molecule has 0 fully saturated rings. The molecule has 1 unspecified atom stereocenters. The number of aromatic nitrogens is 3. The van der Waals surface area contributed by atoms with Gasteiger partial charge in [-0.3, -0.25) is 9.69 Å². The van der Waals surface area contributed by atoms with E-state index < -0.39 is 23.4 Å². The number of carboxylic acid groups (broad SMARTS) is 1. The lowest BCUT2D eigenvalue weighted by Gasteiger charge is -2.34. The number of alkyl halides is 3. The maximum atomic E-state index is 12.7. The Morgan fingerprint density at radius 2 is 2.00 bits per heavy atom. The quantitative estimate of drug-likeness (QED) is 0.915. The van der Waals surface area contributed by atoms with E-state index in [0.717, 1.165) is 4.57 Å². The van der Waals surface area contributed by atoms with Crippen LogP contribution in [0.1, 0.15) is 31.9 Å². The van der Waals surface area contributed by atoms with E-state index in [-0.39, 0.29) is 25.5 Å². The number of nitrogens with zero attached hydrogens (tertiary/aromatic N) is 4. The average molecular weight is 306 g/mol. The summed E-state index contributed by atoms with van der Waals surface area (Å²) in [5, 5.41) is 16.0. The molecule has 0 saturated carbocycles. The molecule has 0 spiro atoms.